The number of likely N-dealkylation sites (N-methyl/N-ethyl adjacent to an activating group) is 1. The van der Waals surface area contributed by atoms with Crippen LogP contribution in [-0.4, -0.2) is 23.5 Å². The third kappa shape index (κ3) is 3.57. The minimum Gasteiger partial charge on any atom is -0.329 e. The summed E-state index contributed by atoms with van der Waals surface area (Å²) in [5.74, 6) is 0. The molecular formula is C16H20ClN3. The van der Waals surface area contributed by atoms with Crippen LogP contribution in [0.15, 0.2) is 42.7 Å². The first-order valence-electron chi connectivity index (χ1n) is 6.67. The topological polar surface area (TPSA) is 42.1 Å². The molecule has 106 valence electrons. The molecule has 1 aromatic carbocycles. The number of aryl methyl sites for hydroxylation is 1. The van der Waals surface area contributed by atoms with Gasteiger partial charge in [-0.1, -0.05) is 23.7 Å². The molecule has 0 amide bonds. The standard InChI is InChI=1S/C16H20ClN3/c1-12-8-14(17)5-6-15(12)16(9-18)20(2)11-13-4-3-7-19-10-13/h3-8,10,16H,9,11,18H2,1-2H3. The Morgan fingerprint density at radius 2 is 2.15 bits per heavy atom. The summed E-state index contributed by atoms with van der Waals surface area (Å²) in [5.41, 5.74) is 9.55. The van der Waals surface area contributed by atoms with Crippen LogP contribution in [-0.2, 0) is 6.54 Å². The van der Waals surface area contributed by atoms with Crippen LogP contribution in [0.4, 0.5) is 0 Å². The van der Waals surface area contributed by atoms with E-state index in [9.17, 15) is 0 Å². The molecule has 1 heterocycles. The van der Waals surface area contributed by atoms with E-state index in [1.807, 2.05) is 24.4 Å². The van der Waals surface area contributed by atoms with E-state index in [0.29, 0.717) is 6.54 Å². The zero-order valence-corrected chi connectivity index (χ0v) is 12.6. The number of pyridine rings is 1. The Kier molecular flexibility index (Phi) is 5.12. The maximum Gasteiger partial charge on any atom is 0.0473 e. The molecule has 2 rings (SSSR count). The van der Waals surface area contributed by atoms with E-state index in [0.717, 1.165) is 11.6 Å². The highest BCUT2D eigenvalue weighted by Gasteiger charge is 2.17. The Morgan fingerprint density at radius 3 is 2.75 bits per heavy atom. The molecule has 20 heavy (non-hydrogen) atoms. The molecule has 0 saturated heterocycles. The van der Waals surface area contributed by atoms with Crippen molar-refractivity contribution < 1.29 is 0 Å². The number of nitrogens with two attached hydrogens (primary N) is 1. The number of hydrogen-bond acceptors (Lipinski definition) is 3. The number of halogens is 1. The molecule has 0 radical (unpaired) electrons. The van der Waals surface area contributed by atoms with Gasteiger partial charge in [-0.25, -0.2) is 0 Å². The summed E-state index contributed by atoms with van der Waals surface area (Å²) < 4.78 is 0. The molecule has 0 fully saturated rings. The molecule has 1 aromatic heterocycles. The van der Waals surface area contributed by atoms with Gasteiger partial charge < -0.3 is 5.73 Å². The average Bonchev–Trinajstić information content (AvgIpc) is 2.43. The van der Waals surface area contributed by atoms with Gasteiger partial charge in [-0.05, 0) is 48.9 Å². The lowest BCUT2D eigenvalue weighted by Crippen LogP contribution is -2.30. The van der Waals surface area contributed by atoms with E-state index in [-0.39, 0.29) is 6.04 Å². The summed E-state index contributed by atoms with van der Waals surface area (Å²) in [6.45, 7) is 3.46. The van der Waals surface area contributed by atoms with Gasteiger partial charge in [0.15, 0.2) is 0 Å². The first-order valence-corrected chi connectivity index (χ1v) is 7.05. The predicted octanol–water partition coefficient (Wildman–Crippen LogP) is 3.18. The lowest BCUT2D eigenvalue weighted by Gasteiger charge is -2.28. The number of rotatable bonds is 5. The summed E-state index contributed by atoms with van der Waals surface area (Å²) in [6.07, 6.45) is 3.67. The van der Waals surface area contributed by atoms with Gasteiger partial charge in [-0.3, -0.25) is 9.88 Å². The van der Waals surface area contributed by atoms with Crippen molar-refractivity contribution in [3.8, 4) is 0 Å². The number of aromatic nitrogens is 1. The second-order valence-electron chi connectivity index (χ2n) is 5.03. The summed E-state index contributed by atoms with van der Waals surface area (Å²) in [7, 11) is 2.08. The van der Waals surface area contributed by atoms with Crippen LogP contribution in [0.1, 0.15) is 22.7 Å². The van der Waals surface area contributed by atoms with Crippen LogP contribution in [0, 0.1) is 6.92 Å². The Balaban J connectivity index is 2.19. The monoisotopic (exact) mass is 289 g/mol. The van der Waals surface area contributed by atoms with Gasteiger partial charge in [0.1, 0.15) is 0 Å². The minimum atomic E-state index is 0.174. The van der Waals surface area contributed by atoms with Gasteiger partial charge in [-0.15, -0.1) is 0 Å². The number of benzene rings is 1. The number of nitrogens with zero attached hydrogens (tertiary/aromatic N) is 2. The van der Waals surface area contributed by atoms with Crippen molar-refractivity contribution in [2.24, 2.45) is 5.73 Å². The van der Waals surface area contributed by atoms with Crippen LogP contribution in [0.5, 0.6) is 0 Å². The normalized spacial score (nSPS) is 12.7. The van der Waals surface area contributed by atoms with Crippen LogP contribution in [0.25, 0.3) is 0 Å². The molecule has 2 aromatic rings. The molecule has 2 N–H and O–H groups in total. The molecular weight excluding hydrogens is 270 g/mol. The second-order valence-corrected chi connectivity index (χ2v) is 5.47. The van der Waals surface area contributed by atoms with Crippen molar-refractivity contribution in [2.75, 3.05) is 13.6 Å². The van der Waals surface area contributed by atoms with E-state index in [2.05, 4.69) is 36.0 Å². The van der Waals surface area contributed by atoms with Crippen LogP contribution < -0.4 is 5.73 Å². The number of hydrogen-bond donors (Lipinski definition) is 1. The van der Waals surface area contributed by atoms with E-state index >= 15 is 0 Å². The fraction of sp³-hybridized carbons (Fsp3) is 0.312. The van der Waals surface area contributed by atoms with E-state index in [1.165, 1.54) is 16.7 Å². The third-order valence-corrected chi connectivity index (χ3v) is 3.74. The molecule has 3 nitrogen and oxygen atoms in total. The molecule has 0 saturated carbocycles. The smallest absolute Gasteiger partial charge is 0.0473 e. The quantitative estimate of drug-likeness (QED) is 0.919. The minimum absolute atomic E-state index is 0.174. The molecule has 0 aliphatic carbocycles. The largest absolute Gasteiger partial charge is 0.329 e. The molecule has 0 aliphatic heterocycles. The molecule has 4 heteroatoms. The first kappa shape index (κ1) is 15.0. The van der Waals surface area contributed by atoms with Crippen LogP contribution in [0.2, 0.25) is 5.02 Å². The van der Waals surface area contributed by atoms with Gasteiger partial charge in [0.2, 0.25) is 0 Å². The zero-order valence-electron chi connectivity index (χ0n) is 11.9. The highest BCUT2D eigenvalue weighted by Crippen LogP contribution is 2.25. The van der Waals surface area contributed by atoms with Crippen molar-refractivity contribution in [1.82, 2.24) is 9.88 Å². The van der Waals surface area contributed by atoms with Gasteiger partial charge in [0, 0.05) is 36.5 Å². The third-order valence-electron chi connectivity index (χ3n) is 3.50. The second kappa shape index (κ2) is 6.84. The fourth-order valence-electron chi connectivity index (χ4n) is 2.45. The van der Waals surface area contributed by atoms with Gasteiger partial charge >= 0.3 is 0 Å². The van der Waals surface area contributed by atoms with Gasteiger partial charge in [0.05, 0.1) is 0 Å². The van der Waals surface area contributed by atoms with E-state index in [4.69, 9.17) is 17.3 Å². The highest BCUT2D eigenvalue weighted by atomic mass is 35.5. The lowest BCUT2D eigenvalue weighted by atomic mass is 10.00. The molecule has 1 atom stereocenters. The predicted molar refractivity (Wildman–Crippen MR) is 83.7 cm³/mol. The zero-order chi connectivity index (χ0) is 14.5. The van der Waals surface area contributed by atoms with Crippen LogP contribution >= 0.6 is 11.6 Å². The Morgan fingerprint density at radius 1 is 1.35 bits per heavy atom. The van der Waals surface area contributed by atoms with Crippen molar-refractivity contribution >= 4 is 11.6 Å². The summed E-state index contributed by atoms with van der Waals surface area (Å²) in [5, 5.41) is 0.761. The summed E-state index contributed by atoms with van der Waals surface area (Å²) in [6, 6.07) is 10.2. The van der Waals surface area contributed by atoms with E-state index < -0.39 is 0 Å². The first-order chi connectivity index (χ1) is 9.61. The Bertz CT molecular complexity index is 557. The fourth-order valence-corrected chi connectivity index (χ4v) is 2.67. The molecule has 0 aliphatic rings. The average molecular weight is 290 g/mol. The Hall–Kier alpha value is -1.42. The van der Waals surface area contributed by atoms with E-state index in [1.54, 1.807) is 6.20 Å². The van der Waals surface area contributed by atoms with Crippen molar-refractivity contribution in [1.29, 1.82) is 0 Å². The molecule has 0 spiro atoms. The molecule has 1 unspecified atom stereocenters. The summed E-state index contributed by atoms with van der Waals surface area (Å²) >= 11 is 6.02. The Labute approximate surface area is 125 Å². The van der Waals surface area contributed by atoms with Crippen LogP contribution in [0.3, 0.4) is 0 Å². The highest BCUT2D eigenvalue weighted by molar-refractivity contribution is 6.30. The SMILES string of the molecule is Cc1cc(Cl)ccc1C(CN)N(C)Cc1cccnc1. The maximum atomic E-state index is 6.02. The van der Waals surface area contributed by atoms with Crippen molar-refractivity contribution in [2.45, 2.75) is 19.5 Å². The van der Waals surface area contributed by atoms with Crippen molar-refractivity contribution in [3.05, 3.63) is 64.4 Å². The summed E-state index contributed by atoms with van der Waals surface area (Å²) in [4.78, 5) is 6.39. The maximum absolute atomic E-state index is 6.02. The van der Waals surface area contributed by atoms with Gasteiger partial charge in [-0.2, -0.15) is 0 Å². The van der Waals surface area contributed by atoms with Crippen molar-refractivity contribution in [3.63, 3.8) is 0 Å². The van der Waals surface area contributed by atoms with Gasteiger partial charge in [0.25, 0.3) is 0 Å². The lowest BCUT2D eigenvalue weighted by molar-refractivity contribution is 0.241. The molecule has 0 bridgehead atoms.